The molecule has 0 spiro atoms. The van der Waals surface area contributed by atoms with E-state index in [9.17, 15) is 9.59 Å². The van der Waals surface area contributed by atoms with Crippen molar-refractivity contribution in [3.05, 3.63) is 0 Å². The number of rotatable bonds is 5. The molecule has 0 saturated carbocycles. The molecule has 0 aromatic carbocycles. The van der Waals surface area contributed by atoms with Crippen molar-refractivity contribution in [3.8, 4) is 0 Å². The lowest BCUT2D eigenvalue weighted by atomic mass is 9.82. The van der Waals surface area contributed by atoms with Crippen molar-refractivity contribution in [2.45, 2.75) is 45.6 Å². The van der Waals surface area contributed by atoms with Crippen molar-refractivity contribution in [1.82, 2.24) is 10.2 Å². The van der Waals surface area contributed by atoms with Gasteiger partial charge < -0.3 is 15.3 Å². The van der Waals surface area contributed by atoms with Crippen molar-refractivity contribution >= 4 is 11.9 Å². The van der Waals surface area contributed by atoms with Gasteiger partial charge in [-0.05, 0) is 37.3 Å². The van der Waals surface area contributed by atoms with E-state index in [0.717, 1.165) is 19.6 Å². The highest BCUT2D eigenvalue weighted by Gasteiger charge is 2.35. The maximum Gasteiger partial charge on any atom is 0.303 e. The van der Waals surface area contributed by atoms with Crippen molar-refractivity contribution in [2.24, 2.45) is 11.3 Å². The van der Waals surface area contributed by atoms with Gasteiger partial charge in [0.15, 0.2) is 0 Å². The Kier molecular flexibility index (Phi) is 4.13. The number of carboxylic acids is 1. The Morgan fingerprint density at radius 2 is 1.89 bits per heavy atom. The first-order chi connectivity index (χ1) is 8.85. The normalized spacial score (nSPS) is 30.1. The van der Waals surface area contributed by atoms with Crippen molar-refractivity contribution in [1.29, 1.82) is 0 Å². The summed E-state index contributed by atoms with van der Waals surface area (Å²) in [5.41, 5.74) is -0.482. The first-order valence-electron chi connectivity index (χ1n) is 7.09. The SMILES string of the molecule is CC(C)(CC(=O)O)CC(=O)NC1CN2CCC1CC2. The summed E-state index contributed by atoms with van der Waals surface area (Å²) in [7, 11) is 0. The predicted molar refractivity (Wildman–Crippen MR) is 71.7 cm³/mol. The van der Waals surface area contributed by atoms with E-state index >= 15 is 0 Å². The molecule has 0 aromatic heterocycles. The van der Waals surface area contributed by atoms with Gasteiger partial charge in [-0.1, -0.05) is 13.8 Å². The molecule has 3 saturated heterocycles. The third kappa shape index (κ3) is 3.93. The van der Waals surface area contributed by atoms with Gasteiger partial charge in [-0.2, -0.15) is 0 Å². The fraction of sp³-hybridized carbons (Fsp3) is 0.857. The monoisotopic (exact) mass is 268 g/mol. The fourth-order valence-corrected chi connectivity index (χ4v) is 3.29. The minimum Gasteiger partial charge on any atom is -0.481 e. The molecule has 19 heavy (non-hydrogen) atoms. The Hall–Kier alpha value is -1.10. The first kappa shape index (κ1) is 14.3. The number of aliphatic carboxylic acids is 1. The zero-order chi connectivity index (χ0) is 14.0. The average Bonchev–Trinajstić information content (AvgIpc) is 2.27. The molecule has 5 nitrogen and oxygen atoms in total. The lowest BCUT2D eigenvalue weighted by Crippen LogP contribution is -2.57. The largest absolute Gasteiger partial charge is 0.481 e. The molecule has 5 heteroatoms. The van der Waals surface area contributed by atoms with Crippen LogP contribution in [0.3, 0.4) is 0 Å². The minimum absolute atomic E-state index is 0.00926. The van der Waals surface area contributed by atoms with Crippen LogP contribution in [0.1, 0.15) is 39.5 Å². The van der Waals surface area contributed by atoms with E-state index in [1.165, 1.54) is 12.8 Å². The van der Waals surface area contributed by atoms with E-state index in [1.54, 1.807) is 0 Å². The van der Waals surface area contributed by atoms with E-state index in [2.05, 4.69) is 10.2 Å². The number of nitrogens with one attached hydrogen (secondary N) is 1. The number of amides is 1. The van der Waals surface area contributed by atoms with E-state index in [4.69, 9.17) is 5.11 Å². The average molecular weight is 268 g/mol. The van der Waals surface area contributed by atoms with E-state index in [1.807, 2.05) is 13.8 Å². The molecule has 3 rings (SSSR count). The van der Waals surface area contributed by atoms with Gasteiger partial charge in [0.1, 0.15) is 0 Å². The Morgan fingerprint density at radius 1 is 1.26 bits per heavy atom. The van der Waals surface area contributed by atoms with Gasteiger partial charge in [0.2, 0.25) is 5.91 Å². The van der Waals surface area contributed by atoms with Crippen LogP contribution < -0.4 is 5.32 Å². The lowest BCUT2D eigenvalue weighted by Gasteiger charge is -2.45. The number of carbonyl (C=O) groups excluding carboxylic acids is 1. The van der Waals surface area contributed by atoms with Gasteiger partial charge in [-0.15, -0.1) is 0 Å². The van der Waals surface area contributed by atoms with Crippen molar-refractivity contribution in [3.63, 3.8) is 0 Å². The van der Waals surface area contributed by atoms with Gasteiger partial charge in [0.05, 0.1) is 6.42 Å². The van der Waals surface area contributed by atoms with Gasteiger partial charge in [0, 0.05) is 19.0 Å². The highest BCUT2D eigenvalue weighted by molar-refractivity contribution is 5.78. The van der Waals surface area contributed by atoms with Gasteiger partial charge in [0.25, 0.3) is 0 Å². The molecule has 108 valence electrons. The zero-order valence-corrected chi connectivity index (χ0v) is 11.8. The molecule has 0 aromatic rings. The molecule has 1 unspecified atom stereocenters. The second kappa shape index (κ2) is 5.49. The summed E-state index contributed by atoms with van der Waals surface area (Å²) in [5, 5.41) is 11.9. The van der Waals surface area contributed by atoms with E-state index in [-0.39, 0.29) is 24.8 Å². The van der Waals surface area contributed by atoms with Crippen LogP contribution in [-0.2, 0) is 9.59 Å². The van der Waals surface area contributed by atoms with Crippen LogP contribution in [0.15, 0.2) is 0 Å². The fourth-order valence-electron chi connectivity index (χ4n) is 3.29. The number of carbonyl (C=O) groups is 2. The zero-order valence-electron chi connectivity index (χ0n) is 11.8. The van der Waals surface area contributed by atoms with Crippen LogP contribution >= 0.6 is 0 Å². The van der Waals surface area contributed by atoms with Crippen LogP contribution in [0.5, 0.6) is 0 Å². The third-order valence-electron chi connectivity index (χ3n) is 4.27. The molecular weight excluding hydrogens is 244 g/mol. The summed E-state index contributed by atoms with van der Waals surface area (Å²) < 4.78 is 0. The second-order valence-corrected chi connectivity index (χ2v) is 6.72. The van der Waals surface area contributed by atoms with Crippen molar-refractivity contribution in [2.75, 3.05) is 19.6 Å². The molecule has 1 amide bonds. The van der Waals surface area contributed by atoms with Gasteiger partial charge in [-0.25, -0.2) is 0 Å². The number of fused-ring (bicyclic) bond motifs is 3. The molecule has 3 fully saturated rings. The van der Waals surface area contributed by atoms with Crippen LogP contribution in [0.2, 0.25) is 0 Å². The Balaban J connectivity index is 1.83. The van der Waals surface area contributed by atoms with Crippen LogP contribution in [0, 0.1) is 11.3 Å². The van der Waals surface area contributed by atoms with Crippen LogP contribution in [-0.4, -0.2) is 47.6 Å². The number of carboxylic acid groups (broad SMARTS) is 1. The standard InChI is InChI=1S/C14H24N2O3/c1-14(2,8-13(18)19)7-12(17)15-11-9-16-5-3-10(11)4-6-16/h10-11H,3-9H2,1-2H3,(H,15,17)(H,18,19). The summed E-state index contributed by atoms with van der Waals surface area (Å²) in [6, 6.07) is 0.260. The summed E-state index contributed by atoms with van der Waals surface area (Å²) in [6.07, 6.45) is 2.65. The number of hydrogen-bond acceptors (Lipinski definition) is 3. The highest BCUT2D eigenvalue weighted by atomic mass is 16.4. The minimum atomic E-state index is -0.847. The quantitative estimate of drug-likeness (QED) is 0.783. The second-order valence-electron chi connectivity index (χ2n) is 6.72. The number of hydrogen-bond donors (Lipinski definition) is 2. The highest BCUT2D eigenvalue weighted by Crippen LogP contribution is 2.29. The Bertz CT molecular complexity index is 360. The molecule has 1 atom stereocenters. The predicted octanol–water partition coefficient (Wildman–Crippen LogP) is 1.09. The first-order valence-corrected chi connectivity index (χ1v) is 7.09. The molecular formula is C14H24N2O3. The Labute approximate surface area is 114 Å². The summed E-state index contributed by atoms with van der Waals surface area (Å²) >= 11 is 0. The summed E-state index contributed by atoms with van der Waals surface area (Å²) in [5.74, 6) is -0.248. The third-order valence-corrected chi connectivity index (χ3v) is 4.27. The molecule has 3 heterocycles. The molecule has 0 radical (unpaired) electrons. The van der Waals surface area contributed by atoms with Crippen LogP contribution in [0.25, 0.3) is 0 Å². The maximum atomic E-state index is 12.1. The Morgan fingerprint density at radius 3 is 2.37 bits per heavy atom. The van der Waals surface area contributed by atoms with Gasteiger partial charge >= 0.3 is 5.97 Å². The molecule has 2 N–H and O–H groups in total. The summed E-state index contributed by atoms with van der Waals surface area (Å²) in [4.78, 5) is 25.2. The number of nitrogens with zero attached hydrogens (tertiary/aromatic N) is 1. The molecule has 2 bridgehead atoms. The summed E-state index contributed by atoms with van der Waals surface area (Å²) in [6.45, 7) is 6.92. The smallest absolute Gasteiger partial charge is 0.303 e. The topological polar surface area (TPSA) is 69.6 Å². The molecule has 3 aliphatic heterocycles. The number of piperidine rings is 3. The van der Waals surface area contributed by atoms with E-state index < -0.39 is 11.4 Å². The van der Waals surface area contributed by atoms with Crippen LogP contribution in [0.4, 0.5) is 0 Å². The van der Waals surface area contributed by atoms with Crippen molar-refractivity contribution < 1.29 is 14.7 Å². The molecule has 0 aliphatic carbocycles. The van der Waals surface area contributed by atoms with Gasteiger partial charge in [-0.3, -0.25) is 9.59 Å². The molecule has 3 aliphatic rings. The van der Waals surface area contributed by atoms with E-state index in [0.29, 0.717) is 5.92 Å². The maximum absolute atomic E-state index is 12.1. The lowest BCUT2D eigenvalue weighted by molar-refractivity contribution is -0.139.